The number of carboxylic acid groups (broad SMARTS) is 1. The van der Waals surface area contributed by atoms with Crippen LogP contribution in [0.2, 0.25) is 10.0 Å². The lowest BCUT2D eigenvalue weighted by Gasteiger charge is -2.14. The third kappa shape index (κ3) is 4.38. The molecule has 0 saturated carbocycles. The van der Waals surface area contributed by atoms with Gasteiger partial charge in [0.15, 0.2) is 0 Å². The van der Waals surface area contributed by atoms with Crippen molar-refractivity contribution in [2.45, 2.75) is 25.2 Å². The van der Waals surface area contributed by atoms with Gasteiger partial charge in [-0.15, -0.1) is 11.6 Å². The molecule has 0 aliphatic heterocycles. The number of halogens is 3. The quantitative estimate of drug-likeness (QED) is 0.616. The number of carboxylic acids is 1. The van der Waals surface area contributed by atoms with Gasteiger partial charge in [-0.05, 0) is 30.5 Å². The summed E-state index contributed by atoms with van der Waals surface area (Å²) in [7, 11) is 0. The summed E-state index contributed by atoms with van der Waals surface area (Å²) in [6.07, 6.45) is 2.10. The lowest BCUT2D eigenvalue weighted by atomic mass is 9.94. The Morgan fingerprint density at radius 1 is 1.29 bits per heavy atom. The number of rotatable bonds is 6. The van der Waals surface area contributed by atoms with E-state index in [-0.39, 0.29) is 0 Å². The number of benzene rings is 1. The van der Waals surface area contributed by atoms with Crippen molar-refractivity contribution in [1.82, 2.24) is 0 Å². The largest absolute Gasteiger partial charge is 0.481 e. The zero-order chi connectivity index (χ0) is 12.8. The molecule has 1 aromatic carbocycles. The molecule has 0 aromatic heterocycles. The lowest BCUT2D eigenvalue weighted by molar-refractivity contribution is -0.139. The normalized spacial score (nSPS) is 12.4. The van der Waals surface area contributed by atoms with Crippen molar-refractivity contribution in [3.8, 4) is 0 Å². The molecule has 0 radical (unpaired) electrons. The summed E-state index contributed by atoms with van der Waals surface area (Å²) in [5.74, 6) is -0.924. The van der Waals surface area contributed by atoms with Crippen molar-refractivity contribution in [3.05, 3.63) is 33.8 Å². The standard InChI is InChI=1S/C12H13Cl3O2/c13-6-2-1-3-10(12(16)17)9-5-4-8(14)7-11(9)15/h4-5,7,10H,1-3,6H2,(H,16,17). The third-order valence-corrected chi connectivity index (χ3v) is 3.34. The van der Waals surface area contributed by atoms with Crippen LogP contribution in [0.15, 0.2) is 18.2 Å². The van der Waals surface area contributed by atoms with Crippen molar-refractivity contribution in [1.29, 1.82) is 0 Å². The molecule has 0 aliphatic carbocycles. The Morgan fingerprint density at radius 2 is 2.00 bits per heavy atom. The second kappa shape index (κ2) is 7.10. The first kappa shape index (κ1) is 14.6. The van der Waals surface area contributed by atoms with Gasteiger partial charge < -0.3 is 5.11 Å². The van der Waals surface area contributed by atoms with Crippen molar-refractivity contribution >= 4 is 40.8 Å². The second-order valence-corrected chi connectivity index (χ2v) is 4.96. The van der Waals surface area contributed by atoms with Crippen LogP contribution >= 0.6 is 34.8 Å². The molecule has 0 heterocycles. The van der Waals surface area contributed by atoms with Crippen LogP contribution in [0, 0.1) is 0 Å². The molecule has 0 amide bonds. The molecule has 94 valence electrons. The average molecular weight is 296 g/mol. The molecule has 1 atom stereocenters. The first-order valence-electron chi connectivity index (χ1n) is 5.30. The minimum atomic E-state index is -0.871. The van der Waals surface area contributed by atoms with E-state index in [2.05, 4.69) is 0 Å². The molecular formula is C12H13Cl3O2. The van der Waals surface area contributed by atoms with Gasteiger partial charge in [-0.2, -0.15) is 0 Å². The summed E-state index contributed by atoms with van der Waals surface area (Å²) in [6, 6.07) is 4.89. The van der Waals surface area contributed by atoms with Gasteiger partial charge in [-0.1, -0.05) is 35.7 Å². The van der Waals surface area contributed by atoms with E-state index in [1.54, 1.807) is 18.2 Å². The molecule has 1 unspecified atom stereocenters. The van der Waals surface area contributed by atoms with Crippen LogP contribution in [0.25, 0.3) is 0 Å². The van der Waals surface area contributed by atoms with Gasteiger partial charge in [0.1, 0.15) is 0 Å². The fraction of sp³-hybridized carbons (Fsp3) is 0.417. The Hall–Kier alpha value is -0.440. The van der Waals surface area contributed by atoms with E-state index in [1.165, 1.54) is 0 Å². The van der Waals surface area contributed by atoms with Crippen LogP contribution in [-0.2, 0) is 4.79 Å². The minimum absolute atomic E-state index is 0.399. The topological polar surface area (TPSA) is 37.3 Å². The molecule has 5 heteroatoms. The van der Waals surface area contributed by atoms with E-state index >= 15 is 0 Å². The summed E-state index contributed by atoms with van der Waals surface area (Å²) < 4.78 is 0. The van der Waals surface area contributed by atoms with Crippen molar-refractivity contribution in [2.75, 3.05) is 5.88 Å². The van der Waals surface area contributed by atoms with Crippen LogP contribution < -0.4 is 0 Å². The van der Waals surface area contributed by atoms with E-state index in [0.717, 1.165) is 12.8 Å². The molecule has 0 saturated heterocycles. The van der Waals surface area contributed by atoms with Crippen LogP contribution in [0.4, 0.5) is 0 Å². The van der Waals surface area contributed by atoms with E-state index in [0.29, 0.717) is 27.9 Å². The molecule has 2 nitrogen and oxygen atoms in total. The van der Waals surface area contributed by atoms with Crippen molar-refractivity contribution < 1.29 is 9.90 Å². The number of alkyl halides is 1. The second-order valence-electron chi connectivity index (χ2n) is 3.74. The highest BCUT2D eigenvalue weighted by atomic mass is 35.5. The maximum atomic E-state index is 11.2. The third-order valence-electron chi connectivity index (χ3n) is 2.51. The fourth-order valence-electron chi connectivity index (χ4n) is 1.64. The van der Waals surface area contributed by atoms with Gasteiger partial charge in [0.05, 0.1) is 5.92 Å². The number of hydrogen-bond acceptors (Lipinski definition) is 1. The van der Waals surface area contributed by atoms with E-state index in [1.807, 2.05) is 0 Å². The van der Waals surface area contributed by atoms with Crippen LogP contribution in [0.3, 0.4) is 0 Å². The van der Waals surface area contributed by atoms with Gasteiger partial charge in [0.25, 0.3) is 0 Å². The van der Waals surface area contributed by atoms with Gasteiger partial charge in [-0.3, -0.25) is 4.79 Å². The molecule has 0 fully saturated rings. The van der Waals surface area contributed by atoms with E-state index in [9.17, 15) is 9.90 Å². The zero-order valence-corrected chi connectivity index (χ0v) is 11.4. The zero-order valence-electron chi connectivity index (χ0n) is 9.13. The summed E-state index contributed by atoms with van der Waals surface area (Å²) in [6.45, 7) is 0. The molecule has 1 rings (SSSR count). The molecule has 1 aromatic rings. The number of carbonyl (C=O) groups is 1. The van der Waals surface area contributed by atoms with Gasteiger partial charge in [-0.25, -0.2) is 0 Å². The van der Waals surface area contributed by atoms with Gasteiger partial charge in [0, 0.05) is 15.9 Å². The molecule has 1 N–H and O–H groups in total. The highest BCUT2D eigenvalue weighted by Gasteiger charge is 2.21. The Kier molecular flexibility index (Phi) is 6.10. The predicted molar refractivity (Wildman–Crippen MR) is 71.4 cm³/mol. The number of hydrogen-bond donors (Lipinski definition) is 1. The maximum Gasteiger partial charge on any atom is 0.311 e. The number of aliphatic carboxylic acids is 1. The summed E-state index contributed by atoms with van der Waals surface area (Å²) in [5, 5.41) is 10.1. The monoisotopic (exact) mass is 294 g/mol. The lowest BCUT2D eigenvalue weighted by Crippen LogP contribution is -2.12. The van der Waals surface area contributed by atoms with E-state index in [4.69, 9.17) is 34.8 Å². The summed E-state index contributed by atoms with van der Waals surface area (Å²) in [4.78, 5) is 11.2. The fourth-order valence-corrected chi connectivity index (χ4v) is 2.37. The SMILES string of the molecule is O=C(O)C(CCCCCl)c1ccc(Cl)cc1Cl. The Morgan fingerprint density at radius 3 is 2.53 bits per heavy atom. The Balaban J connectivity index is 2.86. The first-order chi connectivity index (χ1) is 8.06. The Bertz CT molecular complexity index is 393. The molecule has 0 bridgehead atoms. The molecule has 0 aliphatic rings. The smallest absolute Gasteiger partial charge is 0.311 e. The summed E-state index contributed by atoms with van der Waals surface area (Å²) in [5.41, 5.74) is 0.609. The van der Waals surface area contributed by atoms with Gasteiger partial charge in [0.2, 0.25) is 0 Å². The average Bonchev–Trinajstić information content (AvgIpc) is 2.25. The van der Waals surface area contributed by atoms with Crippen molar-refractivity contribution in [3.63, 3.8) is 0 Å². The predicted octanol–water partition coefficient (Wildman–Crippen LogP) is 4.57. The van der Waals surface area contributed by atoms with Crippen LogP contribution in [-0.4, -0.2) is 17.0 Å². The maximum absolute atomic E-state index is 11.2. The number of unbranched alkanes of at least 4 members (excludes halogenated alkanes) is 1. The summed E-state index contributed by atoms with van der Waals surface area (Å²) >= 11 is 17.4. The van der Waals surface area contributed by atoms with Crippen LogP contribution in [0.1, 0.15) is 30.7 Å². The van der Waals surface area contributed by atoms with Crippen LogP contribution in [0.5, 0.6) is 0 Å². The van der Waals surface area contributed by atoms with Gasteiger partial charge >= 0.3 is 5.97 Å². The highest BCUT2D eigenvalue weighted by Crippen LogP contribution is 2.31. The minimum Gasteiger partial charge on any atom is -0.481 e. The Labute approximate surface area is 115 Å². The first-order valence-corrected chi connectivity index (χ1v) is 6.59. The molecule has 17 heavy (non-hydrogen) atoms. The highest BCUT2D eigenvalue weighted by molar-refractivity contribution is 6.35. The van der Waals surface area contributed by atoms with E-state index < -0.39 is 11.9 Å². The molecule has 0 spiro atoms. The molecular weight excluding hydrogens is 282 g/mol. The van der Waals surface area contributed by atoms with Crippen molar-refractivity contribution in [2.24, 2.45) is 0 Å².